The van der Waals surface area contributed by atoms with Gasteiger partial charge in [-0.2, -0.15) is 0 Å². The number of nitrogens with one attached hydrogen (secondary N) is 1. The van der Waals surface area contributed by atoms with Gasteiger partial charge in [0.15, 0.2) is 0 Å². The lowest BCUT2D eigenvalue weighted by Crippen LogP contribution is -2.24. The van der Waals surface area contributed by atoms with E-state index in [2.05, 4.69) is 31.2 Å². The van der Waals surface area contributed by atoms with Crippen LogP contribution in [0.4, 0.5) is 0 Å². The Morgan fingerprint density at radius 1 is 1.46 bits per heavy atom. The molecule has 0 bridgehead atoms. The van der Waals surface area contributed by atoms with E-state index in [1.165, 1.54) is 12.8 Å². The number of hydrogen-bond donors (Lipinski definition) is 1. The molecule has 1 aromatic rings. The lowest BCUT2D eigenvalue weighted by Gasteiger charge is -2.07. The number of hydrogen-bond acceptors (Lipinski definition) is 3. The molecule has 70 valence electrons. The van der Waals surface area contributed by atoms with Crippen LogP contribution in [0.15, 0.2) is 16.9 Å². The van der Waals surface area contributed by atoms with Crippen LogP contribution in [0.3, 0.4) is 0 Å². The summed E-state index contributed by atoms with van der Waals surface area (Å²) >= 11 is 3.32. The van der Waals surface area contributed by atoms with Crippen LogP contribution in [0.5, 0.6) is 0 Å². The number of rotatable bonds is 2. The van der Waals surface area contributed by atoms with Crippen molar-refractivity contribution in [1.82, 2.24) is 15.3 Å². The van der Waals surface area contributed by atoms with Gasteiger partial charge in [-0.3, -0.25) is 0 Å². The predicted octanol–water partition coefficient (Wildman–Crippen LogP) is 1.53. The molecule has 0 aromatic carbocycles. The Hall–Kier alpha value is -0.480. The zero-order valence-electron chi connectivity index (χ0n) is 7.33. The Morgan fingerprint density at radius 2 is 2.23 bits per heavy atom. The predicted molar refractivity (Wildman–Crippen MR) is 54.5 cm³/mol. The van der Waals surface area contributed by atoms with Crippen LogP contribution in [-0.2, 0) is 6.42 Å². The minimum absolute atomic E-state index is 0.584. The highest BCUT2D eigenvalue weighted by Crippen LogP contribution is 2.10. The van der Waals surface area contributed by atoms with Crippen molar-refractivity contribution in [2.75, 3.05) is 6.54 Å². The first kappa shape index (κ1) is 9.09. The molecule has 1 aromatic heterocycles. The zero-order valence-corrected chi connectivity index (χ0v) is 8.92. The molecule has 1 aliphatic rings. The Labute approximate surface area is 86.1 Å². The molecule has 0 aliphatic carbocycles. The van der Waals surface area contributed by atoms with Crippen LogP contribution in [0.1, 0.15) is 18.7 Å². The third-order valence-corrected chi connectivity index (χ3v) is 2.67. The molecule has 0 saturated carbocycles. The molecule has 13 heavy (non-hydrogen) atoms. The smallest absolute Gasteiger partial charge is 0.129 e. The molecule has 0 spiro atoms. The van der Waals surface area contributed by atoms with Crippen molar-refractivity contribution in [2.45, 2.75) is 25.3 Å². The number of halogens is 1. The molecule has 1 N–H and O–H groups in total. The standard InChI is InChI=1S/C9H12BrN3/c10-7-5-12-9(13-6-7)4-8-2-1-3-11-8/h5-6,8,11H,1-4H2. The fourth-order valence-corrected chi connectivity index (χ4v) is 1.80. The molecular formula is C9H12BrN3. The van der Waals surface area contributed by atoms with Crippen molar-refractivity contribution in [3.8, 4) is 0 Å². The van der Waals surface area contributed by atoms with Crippen molar-refractivity contribution in [1.29, 1.82) is 0 Å². The molecule has 2 rings (SSSR count). The third kappa shape index (κ3) is 2.48. The largest absolute Gasteiger partial charge is 0.314 e. The average Bonchev–Trinajstić information content (AvgIpc) is 2.62. The van der Waals surface area contributed by atoms with E-state index in [9.17, 15) is 0 Å². The monoisotopic (exact) mass is 241 g/mol. The molecule has 0 amide bonds. The Balaban J connectivity index is 1.97. The SMILES string of the molecule is Brc1cnc(CC2CCCN2)nc1. The van der Waals surface area contributed by atoms with E-state index in [-0.39, 0.29) is 0 Å². The first-order chi connectivity index (χ1) is 6.34. The summed E-state index contributed by atoms with van der Waals surface area (Å²) in [7, 11) is 0. The molecule has 1 aliphatic heterocycles. The summed E-state index contributed by atoms with van der Waals surface area (Å²) < 4.78 is 0.940. The fraction of sp³-hybridized carbons (Fsp3) is 0.556. The van der Waals surface area contributed by atoms with E-state index >= 15 is 0 Å². The van der Waals surface area contributed by atoms with E-state index in [4.69, 9.17) is 0 Å². The molecule has 4 heteroatoms. The fourth-order valence-electron chi connectivity index (χ4n) is 1.60. The molecular weight excluding hydrogens is 230 g/mol. The van der Waals surface area contributed by atoms with Crippen LogP contribution in [-0.4, -0.2) is 22.6 Å². The van der Waals surface area contributed by atoms with E-state index in [1.54, 1.807) is 12.4 Å². The maximum Gasteiger partial charge on any atom is 0.129 e. The summed E-state index contributed by atoms with van der Waals surface area (Å²) in [5, 5.41) is 3.43. The van der Waals surface area contributed by atoms with E-state index in [0.717, 1.165) is 23.3 Å². The van der Waals surface area contributed by atoms with E-state index < -0.39 is 0 Å². The van der Waals surface area contributed by atoms with Crippen LogP contribution >= 0.6 is 15.9 Å². The molecule has 1 unspecified atom stereocenters. The first-order valence-electron chi connectivity index (χ1n) is 4.54. The van der Waals surface area contributed by atoms with Gasteiger partial charge in [0.25, 0.3) is 0 Å². The summed E-state index contributed by atoms with van der Waals surface area (Å²) in [6, 6.07) is 0.584. The molecule has 1 saturated heterocycles. The van der Waals surface area contributed by atoms with Crippen molar-refractivity contribution in [2.24, 2.45) is 0 Å². The van der Waals surface area contributed by atoms with Gasteiger partial charge in [-0.15, -0.1) is 0 Å². The number of nitrogens with zero attached hydrogens (tertiary/aromatic N) is 2. The third-order valence-electron chi connectivity index (χ3n) is 2.27. The molecule has 1 atom stereocenters. The second kappa shape index (κ2) is 4.15. The Morgan fingerprint density at radius 3 is 2.85 bits per heavy atom. The van der Waals surface area contributed by atoms with Gasteiger partial charge in [-0.1, -0.05) is 0 Å². The van der Waals surface area contributed by atoms with Crippen molar-refractivity contribution in [3.63, 3.8) is 0 Å². The lowest BCUT2D eigenvalue weighted by molar-refractivity contribution is 0.585. The van der Waals surface area contributed by atoms with Gasteiger partial charge in [-0.05, 0) is 35.3 Å². The van der Waals surface area contributed by atoms with Gasteiger partial charge < -0.3 is 5.32 Å². The molecule has 1 fully saturated rings. The highest BCUT2D eigenvalue weighted by atomic mass is 79.9. The van der Waals surface area contributed by atoms with Gasteiger partial charge in [0.1, 0.15) is 5.82 Å². The summed E-state index contributed by atoms with van der Waals surface area (Å²) in [6.45, 7) is 1.14. The first-order valence-corrected chi connectivity index (χ1v) is 5.34. The summed E-state index contributed by atoms with van der Waals surface area (Å²) in [4.78, 5) is 8.49. The zero-order chi connectivity index (χ0) is 9.10. The van der Waals surface area contributed by atoms with E-state index in [1.807, 2.05) is 0 Å². The summed E-state index contributed by atoms with van der Waals surface area (Å²) in [5.41, 5.74) is 0. The normalized spacial score (nSPS) is 22.1. The van der Waals surface area contributed by atoms with Crippen LogP contribution in [0.2, 0.25) is 0 Å². The summed E-state index contributed by atoms with van der Waals surface area (Å²) in [6.07, 6.45) is 7.09. The van der Waals surface area contributed by atoms with Crippen LogP contribution in [0, 0.1) is 0 Å². The van der Waals surface area contributed by atoms with E-state index in [0.29, 0.717) is 6.04 Å². The lowest BCUT2D eigenvalue weighted by atomic mass is 10.1. The maximum absolute atomic E-state index is 4.24. The Kier molecular flexibility index (Phi) is 2.90. The second-order valence-corrected chi connectivity index (χ2v) is 4.23. The van der Waals surface area contributed by atoms with Gasteiger partial charge in [0.2, 0.25) is 0 Å². The molecule has 3 nitrogen and oxygen atoms in total. The van der Waals surface area contributed by atoms with Gasteiger partial charge in [-0.25, -0.2) is 9.97 Å². The van der Waals surface area contributed by atoms with Gasteiger partial charge >= 0.3 is 0 Å². The molecule has 0 radical (unpaired) electrons. The number of aromatic nitrogens is 2. The van der Waals surface area contributed by atoms with Crippen molar-refractivity contribution in [3.05, 3.63) is 22.7 Å². The minimum Gasteiger partial charge on any atom is -0.314 e. The average molecular weight is 242 g/mol. The quantitative estimate of drug-likeness (QED) is 0.854. The maximum atomic E-state index is 4.24. The Bertz CT molecular complexity index is 267. The van der Waals surface area contributed by atoms with Crippen molar-refractivity contribution >= 4 is 15.9 Å². The molecule has 2 heterocycles. The summed E-state index contributed by atoms with van der Waals surface area (Å²) in [5.74, 6) is 0.933. The highest BCUT2D eigenvalue weighted by Gasteiger charge is 2.15. The van der Waals surface area contributed by atoms with Crippen LogP contribution < -0.4 is 5.32 Å². The van der Waals surface area contributed by atoms with Crippen molar-refractivity contribution < 1.29 is 0 Å². The minimum atomic E-state index is 0.584. The van der Waals surface area contributed by atoms with Gasteiger partial charge in [0, 0.05) is 24.9 Å². The van der Waals surface area contributed by atoms with Gasteiger partial charge in [0.05, 0.1) is 4.47 Å². The second-order valence-electron chi connectivity index (χ2n) is 3.31. The highest BCUT2D eigenvalue weighted by molar-refractivity contribution is 9.10. The topological polar surface area (TPSA) is 37.8 Å². The van der Waals surface area contributed by atoms with Crippen LogP contribution in [0.25, 0.3) is 0 Å².